The fourth-order valence-electron chi connectivity index (χ4n) is 2.95. The van der Waals surface area contributed by atoms with E-state index >= 15 is 0 Å². The minimum atomic E-state index is -1.19. The molecule has 3 rings (SSSR count). The van der Waals surface area contributed by atoms with E-state index < -0.39 is 23.1 Å². The zero-order valence-corrected chi connectivity index (χ0v) is 16.1. The van der Waals surface area contributed by atoms with Gasteiger partial charge in [-0.05, 0) is 31.0 Å². The van der Waals surface area contributed by atoms with Crippen molar-refractivity contribution in [3.63, 3.8) is 0 Å². The molecule has 29 heavy (non-hydrogen) atoms. The van der Waals surface area contributed by atoms with Gasteiger partial charge in [-0.2, -0.15) is 0 Å². The Hall–Kier alpha value is -2.95. The lowest BCUT2D eigenvalue weighted by Crippen LogP contribution is -2.34. The lowest BCUT2D eigenvalue weighted by atomic mass is 10.2. The molecule has 0 spiro atoms. The Morgan fingerprint density at radius 3 is 2.62 bits per heavy atom. The summed E-state index contributed by atoms with van der Waals surface area (Å²) in [6, 6.07) is 2.76. The summed E-state index contributed by atoms with van der Waals surface area (Å²) in [5, 5.41) is 5.28. The number of benzene rings is 1. The summed E-state index contributed by atoms with van der Waals surface area (Å²) in [5.41, 5.74) is 4.51. The van der Waals surface area contributed by atoms with Crippen LogP contribution < -0.4 is 21.9 Å². The molecule has 0 atom stereocenters. The zero-order chi connectivity index (χ0) is 21.0. The molecule has 0 radical (unpaired) electrons. The van der Waals surface area contributed by atoms with Gasteiger partial charge in [0.25, 0.3) is 11.5 Å². The van der Waals surface area contributed by atoms with E-state index in [4.69, 9.17) is 5.73 Å². The highest BCUT2D eigenvalue weighted by atomic mass is 32.2. The van der Waals surface area contributed by atoms with Gasteiger partial charge in [0.05, 0.1) is 5.75 Å². The van der Waals surface area contributed by atoms with Crippen LogP contribution in [0.1, 0.15) is 36.0 Å². The first-order chi connectivity index (χ1) is 13.8. The maximum Gasteiger partial charge on any atom is 0.277 e. The summed E-state index contributed by atoms with van der Waals surface area (Å²) < 4.78 is 26.3. The van der Waals surface area contributed by atoms with Gasteiger partial charge in [-0.1, -0.05) is 24.6 Å². The summed E-state index contributed by atoms with van der Waals surface area (Å²) in [7, 11) is 0. The van der Waals surface area contributed by atoms with Gasteiger partial charge in [0.1, 0.15) is 5.69 Å². The van der Waals surface area contributed by atoms with E-state index in [9.17, 15) is 23.2 Å². The van der Waals surface area contributed by atoms with Crippen LogP contribution >= 0.6 is 11.8 Å². The minimum Gasteiger partial charge on any atom is -0.382 e. The number of nitrogens with one attached hydrogen (secondary N) is 3. The third-order valence-electron chi connectivity index (χ3n) is 4.41. The molecule has 154 valence electrons. The highest BCUT2D eigenvalue weighted by molar-refractivity contribution is 7.99. The van der Waals surface area contributed by atoms with Gasteiger partial charge in [0, 0.05) is 11.6 Å². The van der Waals surface area contributed by atoms with Crippen molar-refractivity contribution < 1.29 is 18.4 Å². The van der Waals surface area contributed by atoms with Crippen molar-refractivity contribution in [1.29, 1.82) is 0 Å². The Morgan fingerprint density at radius 2 is 1.97 bits per heavy atom. The number of anilines is 2. The van der Waals surface area contributed by atoms with E-state index in [-0.39, 0.29) is 39.9 Å². The van der Waals surface area contributed by atoms with Gasteiger partial charge in [-0.15, -0.1) is 0 Å². The molecule has 2 aromatic rings. The first-order valence-corrected chi connectivity index (χ1v) is 9.90. The highest BCUT2D eigenvalue weighted by Gasteiger charge is 2.18. The maximum atomic E-state index is 13.3. The molecule has 0 aliphatic heterocycles. The second-order valence-corrected chi connectivity index (χ2v) is 7.52. The summed E-state index contributed by atoms with van der Waals surface area (Å²) >= 11 is 1.01. The number of nitrogens with zero attached hydrogens (tertiary/aromatic N) is 1. The molecule has 0 bridgehead atoms. The van der Waals surface area contributed by atoms with Crippen molar-refractivity contribution in [2.24, 2.45) is 0 Å². The number of hydrogen-bond donors (Lipinski definition) is 4. The molecule has 0 saturated heterocycles. The molecule has 5 N–H and O–H groups in total. The number of halogens is 2. The van der Waals surface area contributed by atoms with Crippen LogP contribution in [-0.2, 0) is 4.79 Å². The fraction of sp³-hybridized carbons (Fsp3) is 0.333. The monoisotopic (exact) mass is 423 g/mol. The van der Waals surface area contributed by atoms with Gasteiger partial charge >= 0.3 is 0 Å². The van der Waals surface area contributed by atoms with Crippen LogP contribution in [0.25, 0.3) is 0 Å². The van der Waals surface area contributed by atoms with Crippen molar-refractivity contribution in [1.82, 2.24) is 15.3 Å². The number of aromatic nitrogens is 2. The molecule has 1 saturated carbocycles. The van der Waals surface area contributed by atoms with Gasteiger partial charge in [0.15, 0.2) is 22.6 Å². The first-order valence-electron chi connectivity index (χ1n) is 8.92. The number of aromatic amines is 1. The summed E-state index contributed by atoms with van der Waals surface area (Å²) in [5.74, 6) is -3.51. The number of amides is 2. The first kappa shape index (κ1) is 20.8. The van der Waals surface area contributed by atoms with Crippen LogP contribution in [0.5, 0.6) is 0 Å². The Morgan fingerprint density at radius 1 is 1.24 bits per heavy atom. The molecule has 2 amide bonds. The Labute approximate surface area is 168 Å². The number of hydrogen-bond acceptors (Lipinski definition) is 6. The predicted octanol–water partition coefficient (Wildman–Crippen LogP) is 2.03. The molecule has 1 fully saturated rings. The number of carbonyl (C=O) groups is 2. The Bertz CT molecular complexity index is 992. The molecule has 1 aromatic carbocycles. The maximum absolute atomic E-state index is 13.3. The third-order valence-corrected chi connectivity index (χ3v) is 5.28. The minimum absolute atomic E-state index is 0.0550. The Kier molecular flexibility index (Phi) is 6.47. The van der Waals surface area contributed by atoms with E-state index in [0.29, 0.717) is 6.07 Å². The standard InChI is InChI=1S/C18H19F2N5O3S/c19-11-6-5-9(7-12(11)20)16(27)23-14-15(21)24-18(25-17(14)28)29-8-13(26)22-10-3-1-2-4-10/h5-7,10H,1-4,8H2,(H,22,26)(H,23,27)(H3,21,24,25,28). The van der Waals surface area contributed by atoms with Crippen molar-refractivity contribution in [3.05, 3.63) is 45.8 Å². The molecule has 1 aromatic heterocycles. The van der Waals surface area contributed by atoms with Crippen LogP contribution in [-0.4, -0.2) is 33.6 Å². The van der Waals surface area contributed by atoms with Crippen molar-refractivity contribution in [2.75, 3.05) is 16.8 Å². The molecule has 8 nitrogen and oxygen atoms in total. The summed E-state index contributed by atoms with van der Waals surface area (Å²) in [6.07, 6.45) is 4.12. The second-order valence-electron chi connectivity index (χ2n) is 6.55. The molecule has 1 aliphatic carbocycles. The van der Waals surface area contributed by atoms with E-state index in [1.165, 1.54) is 0 Å². The lowest BCUT2D eigenvalue weighted by molar-refractivity contribution is -0.119. The Balaban J connectivity index is 1.64. The van der Waals surface area contributed by atoms with Gasteiger partial charge in [-0.25, -0.2) is 13.8 Å². The fourth-order valence-corrected chi connectivity index (χ4v) is 3.63. The zero-order valence-electron chi connectivity index (χ0n) is 15.3. The molecule has 11 heteroatoms. The SMILES string of the molecule is Nc1nc(SCC(=O)NC2CCCC2)[nH]c(=O)c1NC(=O)c1ccc(F)c(F)c1. The van der Waals surface area contributed by atoms with E-state index in [0.717, 1.165) is 49.6 Å². The normalized spacial score (nSPS) is 14.0. The molecular weight excluding hydrogens is 404 g/mol. The van der Waals surface area contributed by atoms with Crippen LogP contribution in [0.4, 0.5) is 20.3 Å². The van der Waals surface area contributed by atoms with Crippen molar-refractivity contribution in [2.45, 2.75) is 36.9 Å². The van der Waals surface area contributed by atoms with Crippen LogP contribution in [0, 0.1) is 11.6 Å². The van der Waals surface area contributed by atoms with Gasteiger partial charge in [-0.3, -0.25) is 19.4 Å². The van der Waals surface area contributed by atoms with E-state index in [1.54, 1.807) is 0 Å². The highest BCUT2D eigenvalue weighted by Crippen LogP contribution is 2.20. The summed E-state index contributed by atoms with van der Waals surface area (Å²) in [4.78, 5) is 42.8. The number of carbonyl (C=O) groups excluding carboxylic acids is 2. The van der Waals surface area contributed by atoms with Crippen LogP contribution in [0.15, 0.2) is 28.2 Å². The molecule has 1 aliphatic rings. The molecular formula is C18H19F2N5O3S. The molecule has 0 unspecified atom stereocenters. The largest absolute Gasteiger partial charge is 0.382 e. The lowest BCUT2D eigenvalue weighted by Gasteiger charge is -2.12. The number of nitrogens with two attached hydrogens (primary N) is 1. The van der Waals surface area contributed by atoms with Crippen molar-refractivity contribution >= 4 is 35.1 Å². The van der Waals surface area contributed by atoms with Gasteiger partial charge in [0.2, 0.25) is 5.91 Å². The van der Waals surface area contributed by atoms with Crippen LogP contribution in [0.3, 0.4) is 0 Å². The number of rotatable bonds is 6. The number of H-pyrrole nitrogens is 1. The average molecular weight is 423 g/mol. The quantitative estimate of drug-likeness (QED) is 0.416. The third kappa shape index (κ3) is 5.31. The smallest absolute Gasteiger partial charge is 0.277 e. The second kappa shape index (κ2) is 9.03. The number of thioether (sulfide) groups is 1. The summed E-state index contributed by atoms with van der Waals surface area (Å²) in [6.45, 7) is 0. The van der Waals surface area contributed by atoms with Crippen LogP contribution in [0.2, 0.25) is 0 Å². The topological polar surface area (TPSA) is 130 Å². The molecule has 1 heterocycles. The number of nitrogen functional groups attached to an aromatic ring is 1. The average Bonchev–Trinajstić information content (AvgIpc) is 3.18. The van der Waals surface area contributed by atoms with Crippen molar-refractivity contribution in [3.8, 4) is 0 Å². The van der Waals surface area contributed by atoms with Gasteiger partial charge < -0.3 is 16.4 Å². The predicted molar refractivity (Wildman–Crippen MR) is 105 cm³/mol. The van der Waals surface area contributed by atoms with E-state index in [2.05, 4.69) is 20.6 Å². The van der Waals surface area contributed by atoms with E-state index in [1.807, 2.05) is 0 Å².